The zero-order chi connectivity index (χ0) is 11.8. The molecule has 0 aromatic heterocycles. The number of benzene rings is 1. The summed E-state index contributed by atoms with van der Waals surface area (Å²) < 4.78 is 0. The first-order valence-corrected chi connectivity index (χ1v) is 5.92. The summed E-state index contributed by atoms with van der Waals surface area (Å²) in [6, 6.07) is 10.9. The SMILES string of the molecule is CC(=O)O.c1ccc(CC2CCCC2)cc1. The monoisotopic (exact) mass is 220 g/mol. The molecule has 0 saturated heterocycles. The first-order valence-electron chi connectivity index (χ1n) is 5.92. The number of carboxylic acid groups (broad SMARTS) is 1. The Balaban J connectivity index is 0.000000280. The van der Waals surface area contributed by atoms with E-state index in [0.717, 1.165) is 12.8 Å². The molecule has 1 aliphatic carbocycles. The zero-order valence-corrected chi connectivity index (χ0v) is 9.86. The second kappa shape index (κ2) is 7.04. The molecule has 1 fully saturated rings. The average Bonchev–Trinajstić information content (AvgIpc) is 2.71. The van der Waals surface area contributed by atoms with Gasteiger partial charge in [0.1, 0.15) is 0 Å². The van der Waals surface area contributed by atoms with E-state index in [-0.39, 0.29) is 0 Å². The van der Waals surface area contributed by atoms with Gasteiger partial charge in [-0.25, -0.2) is 0 Å². The molecule has 2 heteroatoms. The molecule has 0 aliphatic heterocycles. The number of hydrogen-bond acceptors (Lipinski definition) is 1. The van der Waals surface area contributed by atoms with Gasteiger partial charge in [-0.15, -0.1) is 0 Å². The Hall–Kier alpha value is -1.31. The predicted molar refractivity (Wildman–Crippen MR) is 65.4 cm³/mol. The number of carbonyl (C=O) groups is 1. The van der Waals surface area contributed by atoms with Gasteiger partial charge in [0.25, 0.3) is 5.97 Å². The van der Waals surface area contributed by atoms with Crippen LogP contribution in [0.4, 0.5) is 0 Å². The lowest BCUT2D eigenvalue weighted by atomic mass is 9.98. The van der Waals surface area contributed by atoms with Crippen LogP contribution in [0.25, 0.3) is 0 Å². The molecule has 1 aliphatic rings. The maximum absolute atomic E-state index is 9.00. The van der Waals surface area contributed by atoms with Crippen molar-refractivity contribution in [2.75, 3.05) is 0 Å². The minimum atomic E-state index is -0.833. The summed E-state index contributed by atoms with van der Waals surface area (Å²) in [6.45, 7) is 1.08. The molecular formula is C14H20O2. The van der Waals surface area contributed by atoms with Crippen LogP contribution in [-0.2, 0) is 11.2 Å². The highest BCUT2D eigenvalue weighted by Gasteiger charge is 2.14. The van der Waals surface area contributed by atoms with Crippen molar-refractivity contribution in [3.05, 3.63) is 35.9 Å². The van der Waals surface area contributed by atoms with E-state index >= 15 is 0 Å². The Labute approximate surface area is 97.3 Å². The lowest BCUT2D eigenvalue weighted by Gasteiger charge is -2.07. The van der Waals surface area contributed by atoms with E-state index in [0.29, 0.717) is 0 Å². The second-order valence-electron chi connectivity index (χ2n) is 4.36. The maximum Gasteiger partial charge on any atom is 0.300 e. The highest BCUT2D eigenvalue weighted by atomic mass is 16.4. The van der Waals surface area contributed by atoms with Crippen LogP contribution in [-0.4, -0.2) is 11.1 Å². The number of aliphatic carboxylic acids is 1. The zero-order valence-electron chi connectivity index (χ0n) is 9.86. The second-order valence-corrected chi connectivity index (χ2v) is 4.36. The standard InChI is InChI=1S/C12H16.C2H4O2/c1-2-6-11(7-3-1)10-12-8-4-5-9-12;1-2(3)4/h1-3,6-7,12H,4-5,8-10H2;1H3,(H,3,4). The summed E-state index contributed by atoms with van der Waals surface area (Å²) in [5.41, 5.74) is 1.52. The first kappa shape index (κ1) is 12.8. The first-order chi connectivity index (χ1) is 7.68. The fourth-order valence-electron chi connectivity index (χ4n) is 2.16. The molecule has 0 atom stereocenters. The van der Waals surface area contributed by atoms with Crippen molar-refractivity contribution >= 4 is 5.97 Å². The number of rotatable bonds is 2. The summed E-state index contributed by atoms with van der Waals surface area (Å²) in [4.78, 5) is 9.00. The summed E-state index contributed by atoms with van der Waals surface area (Å²) in [6.07, 6.45) is 7.12. The van der Waals surface area contributed by atoms with Crippen LogP contribution in [0.1, 0.15) is 38.2 Å². The summed E-state index contributed by atoms with van der Waals surface area (Å²) >= 11 is 0. The third-order valence-corrected chi connectivity index (χ3v) is 2.84. The third kappa shape index (κ3) is 5.54. The Morgan fingerprint density at radius 2 is 1.75 bits per heavy atom. The van der Waals surface area contributed by atoms with E-state index in [9.17, 15) is 0 Å². The molecule has 88 valence electrons. The molecule has 0 heterocycles. The molecular weight excluding hydrogens is 200 g/mol. The van der Waals surface area contributed by atoms with Gasteiger partial charge in [-0.3, -0.25) is 4.79 Å². The van der Waals surface area contributed by atoms with E-state index < -0.39 is 5.97 Å². The van der Waals surface area contributed by atoms with Crippen LogP contribution in [0.3, 0.4) is 0 Å². The Kier molecular flexibility index (Phi) is 5.62. The molecule has 0 amide bonds. The molecule has 0 bridgehead atoms. The van der Waals surface area contributed by atoms with Crippen molar-refractivity contribution in [2.45, 2.75) is 39.0 Å². The molecule has 2 rings (SSSR count). The molecule has 1 aromatic carbocycles. The van der Waals surface area contributed by atoms with E-state index in [1.807, 2.05) is 0 Å². The summed E-state index contributed by atoms with van der Waals surface area (Å²) in [7, 11) is 0. The lowest BCUT2D eigenvalue weighted by Crippen LogP contribution is -1.97. The maximum atomic E-state index is 9.00. The van der Waals surface area contributed by atoms with E-state index in [2.05, 4.69) is 30.3 Å². The number of carboxylic acids is 1. The number of hydrogen-bond donors (Lipinski definition) is 1. The van der Waals surface area contributed by atoms with Crippen molar-refractivity contribution in [3.63, 3.8) is 0 Å². The largest absolute Gasteiger partial charge is 0.481 e. The van der Waals surface area contributed by atoms with Crippen LogP contribution >= 0.6 is 0 Å². The van der Waals surface area contributed by atoms with Crippen LogP contribution in [0.2, 0.25) is 0 Å². The van der Waals surface area contributed by atoms with Gasteiger partial charge >= 0.3 is 0 Å². The third-order valence-electron chi connectivity index (χ3n) is 2.84. The highest BCUT2D eigenvalue weighted by molar-refractivity contribution is 5.62. The van der Waals surface area contributed by atoms with E-state index in [4.69, 9.17) is 9.90 Å². The van der Waals surface area contributed by atoms with Crippen LogP contribution in [0.5, 0.6) is 0 Å². The normalized spacial score (nSPS) is 15.3. The Bertz CT molecular complexity index is 296. The molecule has 1 saturated carbocycles. The molecule has 2 nitrogen and oxygen atoms in total. The van der Waals surface area contributed by atoms with Crippen LogP contribution in [0.15, 0.2) is 30.3 Å². The highest BCUT2D eigenvalue weighted by Crippen LogP contribution is 2.27. The van der Waals surface area contributed by atoms with Crippen molar-refractivity contribution in [1.29, 1.82) is 0 Å². The fourth-order valence-corrected chi connectivity index (χ4v) is 2.16. The smallest absolute Gasteiger partial charge is 0.300 e. The van der Waals surface area contributed by atoms with E-state index in [1.54, 1.807) is 0 Å². The predicted octanol–water partition coefficient (Wildman–Crippen LogP) is 3.51. The molecule has 16 heavy (non-hydrogen) atoms. The molecule has 0 radical (unpaired) electrons. The van der Waals surface area contributed by atoms with E-state index in [1.165, 1.54) is 37.7 Å². The Morgan fingerprint density at radius 3 is 2.25 bits per heavy atom. The van der Waals surface area contributed by atoms with Gasteiger partial charge in [0, 0.05) is 6.92 Å². The van der Waals surface area contributed by atoms with Gasteiger partial charge in [0.2, 0.25) is 0 Å². The van der Waals surface area contributed by atoms with Crippen molar-refractivity contribution in [1.82, 2.24) is 0 Å². The summed E-state index contributed by atoms with van der Waals surface area (Å²) in [5.74, 6) is 0.146. The average molecular weight is 220 g/mol. The van der Waals surface area contributed by atoms with Gasteiger partial charge in [-0.05, 0) is 17.9 Å². The quantitative estimate of drug-likeness (QED) is 0.828. The van der Waals surface area contributed by atoms with Gasteiger partial charge < -0.3 is 5.11 Å². The molecule has 1 aromatic rings. The van der Waals surface area contributed by atoms with Crippen molar-refractivity contribution in [3.8, 4) is 0 Å². The lowest BCUT2D eigenvalue weighted by molar-refractivity contribution is -0.134. The summed E-state index contributed by atoms with van der Waals surface area (Å²) in [5, 5.41) is 7.42. The molecule has 1 N–H and O–H groups in total. The van der Waals surface area contributed by atoms with Gasteiger partial charge in [0.05, 0.1) is 0 Å². The van der Waals surface area contributed by atoms with Crippen molar-refractivity contribution in [2.24, 2.45) is 5.92 Å². The van der Waals surface area contributed by atoms with Gasteiger partial charge in [0.15, 0.2) is 0 Å². The van der Waals surface area contributed by atoms with Crippen LogP contribution in [0, 0.1) is 5.92 Å². The van der Waals surface area contributed by atoms with Crippen LogP contribution < -0.4 is 0 Å². The topological polar surface area (TPSA) is 37.3 Å². The fraction of sp³-hybridized carbons (Fsp3) is 0.500. The van der Waals surface area contributed by atoms with Gasteiger partial charge in [-0.1, -0.05) is 56.0 Å². The Morgan fingerprint density at radius 1 is 1.25 bits per heavy atom. The van der Waals surface area contributed by atoms with Gasteiger partial charge in [-0.2, -0.15) is 0 Å². The molecule has 0 spiro atoms. The van der Waals surface area contributed by atoms with Crippen molar-refractivity contribution < 1.29 is 9.90 Å². The minimum Gasteiger partial charge on any atom is -0.481 e. The minimum absolute atomic E-state index is 0.833. The molecule has 0 unspecified atom stereocenters.